The number of benzene rings is 2. The number of carbonyl (C=O) groups excluding carboxylic acids is 1. The van der Waals surface area contributed by atoms with E-state index in [-0.39, 0.29) is 17.5 Å². The molecule has 0 aliphatic carbocycles. The van der Waals surface area contributed by atoms with Gasteiger partial charge in [0.05, 0.1) is 18.7 Å². The third kappa shape index (κ3) is 3.87. The van der Waals surface area contributed by atoms with E-state index < -0.39 is 5.97 Å². The summed E-state index contributed by atoms with van der Waals surface area (Å²) >= 11 is 0. The molecule has 1 heterocycles. The molecule has 0 aromatic heterocycles. The highest BCUT2D eigenvalue weighted by Gasteiger charge is 2.29. The Bertz CT molecular complexity index is 785. The number of ether oxygens (including phenoxy) is 1. The van der Waals surface area contributed by atoms with Gasteiger partial charge in [-0.2, -0.15) is 0 Å². The summed E-state index contributed by atoms with van der Waals surface area (Å²) < 4.78 is 5.20. The molecule has 26 heavy (non-hydrogen) atoms. The van der Waals surface area contributed by atoms with Crippen LogP contribution in [0.25, 0.3) is 0 Å². The number of carboxylic acid groups (broad SMARTS) is 1. The Labute approximate surface area is 153 Å². The van der Waals surface area contributed by atoms with Crippen molar-refractivity contribution < 1.29 is 19.4 Å². The maximum absolute atomic E-state index is 12.8. The van der Waals surface area contributed by atoms with Gasteiger partial charge in [-0.05, 0) is 48.6 Å². The summed E-state index contributed by atoms with van der Waals surface area (Å²) in [7, 11) is 1.63. The molecule has 1 aliphatic heterocycles. The van der Waals surface area contributed by atoms with Crippen LogP contribution in [0.1, 0.15) is 46.8 Å². The maximum Gasteiger partial charge on any atom is 0.335 e. The summed E-state index contributed by atoms with van der Waals surface area (Å²) in [5.74, 6) is -0.0799. The summed E-state index contributed by atoms with van der Waals surface area (Å²) in [6.45, 7) is 0.746. The Morgan fingerprint density at radius 2 is 1.88 bits per heavy atom. The van der Waals surface area contributed by atoms with Crippen molar-refractivity contribution in [2.24, 2.45) is 0 Å². The molecule has 0 saturated carbocycles. The molecule has 5 nitrogen and oxygen atoms in total. The first-order valence-corrected chi connectivity index (χ1v) is 8.85. The monoisotopic (exact) mass is 353 g/mol. The molecule has 1 amide bonds. The first-order valence-electron chi connectivity index (χ1n) is 8.85. The van der Waals surface area contributed by atoms with Crippen LogP contribution in [0.2, 0.25) is 0 Å². The van der Waals surface area contributed by atoms with E-state index >= 15 is 0 Å². The molecule has 2 aromatic rings. The fraction of sp³-hybridized carbons (Fsp3) is 0.333. The lowest BCUT2D eigenvalue weighted by atomic mass is 10.0. The SMILES string of the molecule is COc1ccc(C2CCCN2C(=O)CCc2ccccc2C(=O)O)cc1. The molecule has 0 radical (unpaired) electrons. The van der Waals surface area contributed by atoms with Crippen molar-refractivity contribution in [3.63, 3.8) is 0 Å². The number of nitrogens with zero attached hydrogens (tertiary/aromatic N) is 1. The van der Waals surface area contributed by atoms with Gasteiger partial charge in [-0.3, -0.25) is 4.79 Å². The highest BCUT2D eigenvalue weighted by atomic mass is 16.5. The van der Waals surface area contributed by atoms with Crippen molar-refractivity contribution in [3.05, 3.63) is 65.2 Å². The molecule has 1 N–H and O–H groups in total. The molecular formula is C21H23NO4. The van der Waals surface area contributed by atoms with Crippen LogP contribution in [0.15, 0.2) is 48.5 Å². The van der Waals surface area contributed by atoms with Crippen molar-refractivity contribution in [1.29, 1.82) is 0 Å². The zero-order valence-corrected chi connectivity index (χ0v) is 14.9. The third-order valence-corrected chi connectivity index (χ3v) is 4.93. The lowest BCUT2D eigenvalue weighted by Gasteiger charge is -2.25. The predicted octanol–water partition coefficient (Wildman–Crippen LogP) is 3.69. The number of rotatable bonds is 6. The lowest BCUT2D eigenvalue weighted by Crippen LogP contribution is -2.30. The molecule has 136 valence electrons. The number of carboxylic acids is 1. The Morgan fingerprint density at radius 3 is 2.58 bits per heavy atom. The van der Waals surface area contributed by atoms with Gasteiger partial charge in [0, 0.05) is 13.0 Å². The Morgan fingerprint density at radius 1 is 1.15 bits per heavy atom. The molecule has 3 rings (SSSR count). The fourth-order valence-corrected chi connectivity index (χ4v) is 3.57. The standard InChI is InChI=1S/C21H23NO4/c1-26-17-11-8-16(9-12-17)19-7-4-14-22(19)20(23)13-10-15-5-2-3-6-18(15)21(24)25/h2-3,5-6,8-9,11-12,19H,4,7,10,13-14H2,1H3,(H,24,25). The van der Waals surface area contributed by atoms with Crippen LogP contribution in [0.4, 0.5) is 0 Å². The molecule has 0 bridgehead atoms. The zero-order valence-electron chi connectivity index (χ0n) is 14.9. The summed E-state index contributed by atoms with van der Waals surface area (Å²) in [6, 6.07) is 14.8. The van der Waals surface area contributed by atoms with Crippen molar-refractivity contribution in [3.8, 4) is 5.75 Å². The second kappa shape index (κ2) is 8.04. The normalized spacial score (nSPS) is 16.5. The van der Waals surface area contributed by atoms with E-state index in [1.54, 1.807) is 25.3 Å². The fourth-order valence-electron chi connectivity index (χ4n) is 3.57. The highest BCUT2D eigenvalue weighted by Crippen LogP contribution is 2.33. The largest absolute Gasteiger partial charge is 0.497 e. The number of amides is 1. The molecular weight excluding hydrogens is 330 g/mol. The maximum atomic E-state index is 12.8. The van der Waals surface area contributed by atoms with Crippen LogP contribution < -0.4 is 4.74 Å². The summed E-state index contributed by atoms with van der Waals surface area (Å²) in [6.07, 6.45) is 2.68. The van der Waals surface area contributed by atoms with E-state index in [4.69, 9.17) is 4.74 Å². The molecule has 1 fully saturated rings. The van der Waals surface area contributed by atoms with E-state index in [1.807, 2.05) is 35.2 Å². The van der Waals surface area contributed by atoms with Gasteiger partial charge in [-0.1, -0.05) is 30.3 Å². The van der Waals surface area contributed by atoms with Crippen LogP contribution >= 0.6 is 0 Å². The van der Waals surface area contributed by atoms with Crippen molar-refractivity contribution in [2.75, 3.05) is 13.7 Å². The van der Waals surface area contributed by atoms with Crippen LogP contribution in [-0.2, 0) is 11.2 Å². The average molecular weight is 353 g/mol. The van der Waals surface area contributed by atoms with E-state index in [2.05, 4.69) is 0 Å². The van der Waals surface area contributed by atoms with Crippen LogP contribution in [0.3, 0.4) is 0 Å². The molecule has 1 saturated heterocycles. The molecule has 2 aromatic carbocycles. The molecule has 5 heteroatoms. The van der Waals surface area contributed by atoms with E-state index in [0.717, 1.165) is 30.7 Å². The van der Waals surface area contributed by atoms with Gasteiger partial charge in [0.25, 0.3) is 0 Å². The highest BCUT2D eigenvalue weighted by molar-refractivity contribution is 5.89. The second-order valence-electron chi connectivity index (χ2n) is 6.48. The number of aromatic carboxylic acids is 1. The summed E-state index contributed by atoms with van der Waals surface area (Å²) in [5.41, 5.74) is 2.09. The lowest BCUT2D eigenvalue weighted by molar-refractivity contribution is -0.132. The smallest absolute Gasteiger partial charge is 0.335 e. The molecule has 1 aliphatic rings. The number of likely N-dealkylation sites (tertiary alicyclic amines) is 1. The summed E-state index contributed by atoms with van der Waals surface area (Å²) in [5, 5.41) is 9.27. The van der Waals surface area contributed by atoms with Crippen LogP contribution in [0, 0.1) is 0 Å². The van der Waals surface area contributed by atoms with Crippen LogP contribution in [-0.4, -0.2) is 35.5 Å². The Kier molecular flexibility index (Phi) is 5.56. The topological polar surface area (TPSA) is 66.8 Å². The van der Waals surface area contributed by atoms with E-state index in [1.165, 1.54) is 0 Å². The van der Waals surface area contributed by atoms with E-state index in [9.17, 15) is 14.7 Å². The molecule has 1 atom stereocenters. The Hall–Kier alpha value is -2.82. The first kappa shape index (κ1) is 18.0. The predicted molar refractivity (Wildman–Crippen MR) is 98.4 cm³/mol. The number of hydrogen-bond acceptors (Lipinski definition) is 3. The minimum atomic E-state index is -0.953. The number of hydrogen-bond donors (Lipinski definition) is 1. The minimum Gasteiger partial charge on any atom is -0.497 e. The quantitative estimate of drug-likeness (QED) is 0.860. The first-order chi connectivity index (χ1) is 12.6. The number of methoxy groups -OCH3 is 1. The van der Waals surface area contributed by atoms with Gasteiger partial charge in [0.2, 0.25) is 5.91 Å². The number of aryl methyl sites for hydroxylation is 1. The Balaban J connectivity index is 1.68. The van der Waals surface area contributed by atoms with Crippen molar-refractivity contribution >= 4 is 11.9 Å². The van der Waals surface area contributed by atoms with Gasteiger partial charge in [-0.15, -0.1) is 0 Å². The van der Waals surface area contributed by atoms with Gasteiger partial charge in [0.1, 0.15) is 5.75 Å². The van der Waals surface area contributed by atoms with Gasteiger partial charge >= 0.3 is 5.97 Å². The minimum absolute atomic E-state index is 0.0727. The van der Waals surface area contributed by atoms with Gasteiger partial charge in [0.15, 0.2) is 0 Å². The molecule has 0 spiro atoms. The number of carbonyl (C=O) groups is 2. The second-order valence-corrected chi connectivity index (χ2v) is 6.48. The average Bonchev–Trinajstić information content (AvgIpc) is 3.16. The van der Waals surface area contributed by atoms with Gasteiger partial charge in [-0.25, -0.2) is 4.79 Å². The van der Waals surface area contributed by atoms with Crippen LogP contribution in [0.5, 0.6) is 5.75 Å². The van der Waals surface area contributed by atoms with Crippen molar-refractivity contribution in [1.82, 2.24) is 4.90 Å². The summed E-state index contributed by atoms with van der Waals surface area (Å²) in [4.78, 5) is 26.0. The van der Waals surface area contributed by atoms with Crippen molar-refractivity contribution in [2.45, 2.75) is 31.7 Å². The zero-order chi connectivity index (χ0) is 18.5. The van der Waals surface area contributed by atoms with E-state index in [0.29, 0.717) is 18.4 Å². The van der Waals surface area contributed by atoms with Gasteiger partial charge < -0.3 is 14.7 Å². The molecule has 1 unspecified atom stereocenters. The third-order valence-electron chi connectivity index (χ3n) is 4.93.